The average molecular weight is 321 g/mol. The third-order valence-electron chi connectivity index (χ3n) is 3.45. The van der Waals surface area contributed by atoms with Crippen LogP contribution in [0.2, 0.25) is 0 Å². The lowest BCUT2D eigenvalue weighted by Gasteiger charge is -2.02. The third kappa shape index (κ3) is 2.58. The molecule has 0 radical (unpaired) electrons. The van der Waals surface area contributed by atoms with Crippen LogP contribution in [0.1, 0.15) is 0 Å². The summed E-state index contributed by atoms with van der Waals surface area (Å²) in [6, 6.07) is 14.0. The Morgan fingerprint density at radius 1 is 1.00 bits per heavy atom. The Balaban J connectivity index is 1.80. The first-order valence-electron chi connectivity index (χ1n) is 6.92. The lowest BCUT2D eigenvalue weighted by Crippen LogP contribution is -1.96. The highest BCUT2D eigenvalue weighted by atomic mass is 32.1. The molecule has 0 saturated carbocycles. The molecule has 0 spiro atoms. The maximum absolute atomic E-state index is 12.0. The average Bonchev–Trinajstić information content (AvgIpc) is 3.22. The molecule has 112 valence electrons. The highest BCUT2D eigenvalue weighted by Gasteiger charge is 2.12. The van der Waals surface area contributed by atoms with Gasteiger partial charge in [-0.1, -0.05) is 36.4 Å². The summed E-state index contributed by atoms with van der Waals surface area (Å²) in [7, 11) is 0. The molecule has 2 aromatic heterocycles. The topological polar surface area (TPSA) is 86.3 Å². The molecule has 0 saturated heterocycles. The number of fused-ring (bicyclic) bond motifs is 1. The molecule has 0 amide bonds. The van der Waals surface area contributed by atoms with Gasteiger partial charge in [-0.25, -0.2) is 4.98 Å². The zero-order valence-corrected chi connectivity index (χ0v) is 12.7. The molecule has 0 aliphatic carbocycles. The quantitative estimate of drug-likeness (QED) is 0.548. The lowest BCUT2D eigenvalue weighted by molar-refractivity contribution is 1.06. The fourth-order valence-electron chi connectivity index (χ4n) is 2.36. The van der Waals surface area contributed by atoms with Gasteiger partial charge < -0.3 is 0 Å². The van der Waals surface area contributed by atoms with Gasteiger partial charge in [-0.15, -0.1) is 21.6 Å². The molecule has 6 nitrogen and oxygen atoms in total. The van der Waals surface area contributed by atoms with E-state index in [9.17, 15) is 4.79 Å². The van der Waals surface area contributed by atoms with E-state index in [1.54, 1.807) is 11.6 Å². The summed E-state index contributed by atoms with van der Waals surface area (Å²) in [5.41, 5.74) is 1.42. The monoisotopic (exact) mass is 321 g/mol. The minimum absolute atomic E-state index is 0.246. The number of aromatic nitrogens is 3. The molecule has 2 aromatic carbocycles. The van der Waals surface area contributed by atoms with Crippen molar-refractivity contribution in [1.82, 2.24) is 15.2 Å². The highest BCUT2D eigenvalue weighted by molar-refractivity contribution is 7.13. The number of rotatable bonds is 3. The summed E-state index contributed by atoms with van der Waals surface area (Å²) in [5, 5.41) is 18.1. The number of aromatic amines is 2. The van der Waals surface area contributed by atoms with E-state index in [2.05, 4.69) is 25.4 Å². The predicted molar refractivity (Wildman–Crippen MR) is 90.6 cm³/mol. The van der Waals surface area contributed by atoms with Crippen LogP contribution in [0.3, 0.4) is 0 Å². The second-order valence-corrected chi connectivity index (χ2v) is 5.75. The predicted octanol–water partition coefficient (Wildman–Crippen LogP) is 4.40. The van der Waals surface area contributed by atoms with Crippen LogP contribution in [0.4, 0.5) is 10.8 Å². The molecule has 0 fully saturated rings. The SMILES string of the molecule is O=c1[nH][nH]c(-c2ccc3ccccc3c2)c1N=Nc1nccs1. The van der Waals surface area contributed by atoms with Gasteiger partial charge >= 0.3 is 0 Å². The Morgan fingerprint density at radius 2 is 1.87 bits per heavy atom. The van der Waals surface area contributed by atoms with E-state index < -0.39 is 0 Å². The zero-order chi connectivity index (χ0) is 15.6. The molecule has 7 heteroatoms. The van der Waals surface area contributed by atoms with Crippen LogP contribution < -0.4 is 5.56 Å². The van der Waals surface area contributed by atoms with Gasteiger partial charge in [0.25, 0.3) is 5.56 Å². The van der Waals surface area contributed by atoms with E-state index in [1.807, 2.05) is 42.5 Å². The number of thiazole rings is 1. The summed E-state index contributed by atoms with van der Waals surface area (Å²) >= 11 is 1.36. The van der Waals surface area contributed by atoms with E-state index >= 15 is 0 Å². The Morgan fingerprint density at radius 3 is 2.70 bits per heavy atom. The van der Waals surface area contributed by atoms with Gasteiger partial charge in [-0.05, 0) is 16.8 Å². The molecule has 4 rings (SSSR count). The molecule has 0 atom stereocenters. The number of hydrogen-bond acceptors (Lipinski definition) is 5. The summed E-state index contributed by atoms with van der Waals surface area (Å²) in [6.45, 7) is 0. The van der Waals surface area contributed by atoms with Crippen molar-refractivity contribution >= 4 is 32.9 Å². The van der Waals surface area contributed by atoms with Crippen molar-refractivity contribution in [3.63, 3.8) is 0 Å². The summed E-state index contributed by atoms with van der Waals surface area (Å²) in [4.78, 5) is 16.0. The molecule has 4 aromatic rings. The van der Waals surface area contributed by atoms with E-state index in [0.717, 1.165) is 16.3 Å². The Hall–Kier alpha value is -3.06. The number of benzene rings is 2. The van der Waals surface area contributed by atoms with Crippen molar-refractivity contribution in [3.05, 3.63) is 64.4 Å². The first-order chi connectivity index (χ1) is 11.3. The third-order valence-corrected chi connectivity index (χ3v) is 4.10. The number of nitrogens with zero attached hydrogens (tertiary/aromatic N) is 3. The smallest absolute Gasteiger partial charge is 0.292 e. The maximum Gasteiger partial charge on any atom is 0.292 e. The second-order valence-electron chi connectivity index (χ2n) is 4.88. The first-order valence-corrected chi connectivity index (χ1v) is 7.80. The molecule has 23 heavy (non-hydrogen) atoms. The summed E-state index contributed by atoms with van der Waals surface area (Å²) in [5.74, 6) is 0. The number of nitrogens with one attached hydrogen (secondary N) is 2. The van der Waals surface area contributed by atoms with Crippen LogP contribution in [-0.2, 0) is 0 Å². The Labute approximate surface area is 134 Å². The fraction of sp³-hybridized carbons (Fsp3) is 0. The van der Waals surface area contributed by atoms with Crippen molar-refractivity contribution in [1.29, 1.82) is 0 Å². The number of H-pyrrole nitrogens is 2. The first kappa shape index (κ1) is 13.6. The van der Waals surface area contributed by atoms with Gasteiger partial charge in [0.2, 0.25) is 5.13 Å². The van der Waals surface area contributed by atoms with Crippen molar-refractivity contribution in [3.8, 4) is 11.3 Å². The Kier molecular flexibility index (Phi) is 3.32. The fourth-order valence-corrected chi connectivity index (χ4v) is 2.81. The van der Waals surface area contributed by atoms with Crippen LogP contribution in [0.15, 0.2) is 69.1 Å². The molecule has 0 aliphatic heterocycles. The van der Waals surface area contributed by atoms with Gasteiger partial charge in [-0.3, -0.25) is 15.0 Å². The molecule has 2 N–H and O–H groups in total. The van der Waals surface area contributed by atoms with Gasteiger partial charge in [0.1, 0.15) is 0 Å². The van der Waals surface area contributed by atoms with Crippen molar-refractivity contribution < 1.29 is 0 Å². The largest absolute Gasteiger partial charge is 0.295 e. The summed E-state index contributed by atoms with van der Waals surface area (Å²) in [6.07, 6.45) is 1.64. The van der Waals surface area contributed by atoms with Gasteiger partial charge in [0.05, 0.1) is 5.69 Å². The van der Waals surface area contributed by atoms with E-state index in [0.29, 0.717) is 10.8 Å². The number of hydrogen-bond donors (Lipinski definition) is 2. The van der Waals surface area contributed by atoms with Crippen molar-refractivity contribution in [2.24, 2.45) is 10.2 Å². The summed E-state index contributed by atoms with van der Waals surface area (Å²) < 4.78 is 0. The van der Waals surface area contributed by atoms with Gasteiger partial charge in [0.15, 0.2) is 5.69 Å². The van der Waals surface area contributed by atoms with Crippen molar-refractivity contribution in [2.75, 3.05) is 0 Å². The van der Waals surface area contributed by atoms with Crippen molar-refractivity contribution in [2.45, 2.75) is 0 Å². The molecule has 0 aliphatic rings. The zero-order valence-electron chi connectivity index (χ0n) is 11.9. The standard InChI is InChI=1S/C16H11N5OS/c22-15-14(19-21-16-17-7-8-23-16)13(18-20-15)12-6-5-10-3-1-2-4-11(10)9-12/h1-9H,(H2,18,20,22). The maximum atomic E-state index is 12.0. The van der Waals surface area contributed by atoms with Crippen LogP contribution >= 0.6 is 11.3 Å². The van der Waals surface area contributed by atoms with E-state index in [4.69, 9.17) is 0 Å². The van der Waals surface area contributed by atoms with Crippen LogP contribution in [0, 0.1) is 0 Å². The van der Waals surface area contributed by atoms with E-state index in [-0.39, 0.29) is 11.2 Å². The molecular weight excluding hydrogens is 310 g/mol. The normalized spacial score (nSPS) is 11.5. The van der Waals surface area contributed by atoms with Gasteiger partial charge in [0, 0.05) is 17.1 Å². The minimum Gasteiger partial charge on any atom is -0.295 e. The second kappa shape index (κ2) is 5.62. The lowest BCUT2D eigenvalue weighted by atomic mass is 10.0. The highest BCUT2D eigenvalue weighted by Crippen LogP contribution is 2.29. The molecule has 2 heterocycles. The molecule has 0 unspecified atom stereocenters. The van der Waals surface area contributed by atoms with Crippen LogP contribution in [0.5, 0.6) is 0 Å². The molecular formula is C16H11N5OS. The Bertz CT molecular complexity index is 1050. The van der Waals surface area contributed by atoms with E-state index in [1.165, 1.54) is 11.3 Å². The molecule has 0 bridgehead atoms. The number of azo groups is 1. The van der Waals surface area contributed by atoms with Crippen LogP contribution in [-0.4, -0.2) is 15.2 Å². The van der Waals surface area contributed by atoms with Gasteiger partial charge in [-0.2, -0.15) is 0 Å². The minimum atomic E-state index is -0.312. The van der Waals surface area contributed by atoms with Crippen LogP contribution in [0.25, 0.3) is 22.0 Å².